The highest BCUT2D eigenvalue weighted by Crippen LogP contribution is 2.19. The second-order valence-corrected chi connectivity index (χ2v) is 3.72. The molecule has 0 aliphatic heterocycles. The molecule has 0 saturated heterocycles. The fraction of sp³-hybridized carbons (Fsp3) is 0.417. The van der Waals surface area contributed by atoms with Crippen LogP contribution in [0.4, 0.5) is 17.6 Å². The van der Waals surface area contributed by atoms with Crippen LogP contribution in [0.15, 0.2) is 18.2 Å². The zero-order valence-corrected chi connectivity index (χ0v) is 10.1. The molecule has 0 bridgehead atoms. The van der Waals surface area contributed by atoms with Gasteiger partial charge in [-0.15, -0.1) is 0 Å². The normalized spacial score (nSPS) is 11.4. The van der Waals surface area contributed by atoms with Crippen LogP contribution in [0.3, 0.4) is 0 Å². The van der Waals surface area contributed by atoms with Gasteiger partial charge in [-0.2, -0.15) is 13.2 Å². The number of carbonyl (C=O) groups excluding carboxylic acids is 1. The van der Waals surface area contributed by atoms with Gasteiger partial charge >= 0.3 is 6.18 Å². The van der Waals surface area contributed by atoms with E-state index in [0.717, 1.165) is 6.07 Å². The minimum Gasteiger partial charge on any atom is -0.488 e. The predicted molar refractivity (Wildman–Crippen MR) is 58.8 cm³/mol. The Hall–Kier alpha value is -1.63. The van der Waals surface area contributed by atoms with Gasteiger partial charge in [0.1, 0.15) is 13.2 Å². The van der Waals surface area contributed by atoms with Crippen LogP contribution in [-0.2, 0) is 4.74 Å². The summed E-state index contributed by atoms with van der Waals surface area (Å²) in [7, 11) is 0. The summed E-state index contributed by atoms with van der Waals surface area (Å²) in [6.07, 6.45) is -4.39. The quantitative estimate of drug-likeness (QED) is 0.456. The molecule has 1 aromatic rings. The van der Waals surface area contributed by atoms with E-state index in [-0.39, 0.29) is 30.3 Å². The summed E-state index contributed by atoms with van der Waals surface area (Å²) in [6.45, 7) is -0.609. The molecule has 0 heterocycles. The molecular formula is C12H12F4O3. The summed E-state index contributed by atoms with van der Waals surface area (Å²) in [5.74, 6) is -1.18. The van der Waals surface area contributed by atoms with Gasteiger partial charge in [0.2, 0.25) is 0 Å². The van der Waals surface area contributed by atoms with Crippen LogP contribution in [0, 0.1) is 5.82 Å². The molecule has 0 aliphatic carbocycles. The number of rotatable bonds is 6. The third-order valence-electron chi connectivity index (χ3n) is 2.09. The predicted octanol–water partition coefficient (Wildman–Crippen LogP) is 2.99. The van der Waals surface area contributed by atoms with Crippen LogP contribution in [-0.4, -0.2) is 31.8 Å². The topological polar surface area (TPSA) is 35.5 Å². The van der Waals surface area contributed by atoms with E-state index < -0.39 is 18.6 Å². The number of benzene rings is 1. The second-order valence-electron chi connectivity index (χ2n) is 3.72. The summed E-state index contributed by atoms with van der Waals surface area (Å²) in [6, 6.07) is 3.63. The SMILES string of the molecule is CC(=O)c1ccc(OCCOCC(F)(F)F)c(F)c1. The largest absolute Gasteiger partial charge is 0.488 e. The summed E-state index contributed by atoms with van der Waals surface area (Å²) in [5, 5.41) is 0. The van der Waals surface area contributed by atoms with E-state index in [1.165, 1.54) is 19.1 Å². The van der Waals surface area contributed by atoms with E-state index in [1.54, 1.807) is 0 Å². The Morgan fingerprint density at radius 3 is 2.47 bits per heavy atom. The van der Waals surface area contributed by atoms with Crippen LogP contribution in [0.1, 0.15) is 17.3 Å². The van der Waals surface area contributed by atoms with Crippen molar-refractivity contribution >= 4 is 5.78 Å². The van der Waals surface area contributed by atoms with Gasteiger partial charge < -0.3 is 9.47 Å². The molecule has 7 heteroatoms. The van der Waals surface area contributed by atoms with Crippen LogP contribution in [0.5, 0.6) is 5.75 Å². The molecule has 0 amide bonds. The van der Waals surface area contributed by atoms with Crippen molar-refractivity contribution in [3.8, 4) is 5.75 Å². The first-order valence-corrected chi connectivity index (χ1v) is 5.37. The van der Waals surface area contributed by atoms with Gasteiger partial charge in [0.25, 0.3) is 0 Å². The monoisotopic (exact) mass is 280 g/mol. The maximum Gasteiger partial charge on any atom is 0.411 e. The van der Waals surface area contributed by atoms with Crippen molar-refractivity contribution in [3.63, 3.8) is 0 Å². The van der Waals surface area contributed by atoms with Crippen LogP contribution < -0.4 is 4.74 Å². The maximum absolute atomic E-state index is 13.4. The molecule has 0 N–H and O–H groups in total. The minimum absolute atomic E-state index is 0.138. The van der Waals surface area contributed by atoms with Crippen molar-refractivity contribution in [1.82, 2.24) is 0 Å². The molecule has 0 aliphatic rings. The molecule has 0 unspecified atom stereocenters. The number of halogens is 4. The van der Waals surface area contributed by atoms with Crippen molar-refractivity contribution in [2.75, 3.05) is 19.8 Å². The van der Waals surface area contributed by atoms with Crippen LogP contribution in [0.2, 0.25) is 0 Å². The maximum atomic E-state index is 13.4. The van der Waals surface area contributed by atoms with Crippen molar-refractivity contribution in [3.05, 3.63) is 29.6 Å². The fourth-order valence-electron chi connectivity index (χ4n) is 1.24. The summed E-state index contributed by atoms with van der Waals surface area (Å²) in [4.78, 5) is 11.0. The fourth-order valence-corrected chi connectivity index (χ4v) is 1.24. The van der Waals surface area contributed by atoms with E-state index in [1.807, 2.05) is 0 Å². The van der Waals surface area contributed by atoms with Crippen molar-refractivity contribution in [2.24, 2.45) is 0 Å². The highest BCUT2D eigenvalue weighted by Gasteiger charge is 2.27. The van der Waals surface area contributed by atoms with Crippen LogP contribution >= 0.6 is 0 Å². The lowest BCUT2D eigenvalue weighted by Gasteiger charge is -2.10. The zero-order chi connectivity index (χ0) is 14.5. The Labute approximate surface area is 107 Å². The van der Waals surface area contributed by atoms with Gasteiger partial charge in [-0.05, 0) is 25.1 Å². The molecule has 0 spiro atoms. The third-order valence-corrected chi connectivity index (χ3v) is 2.09. The lowest BCUT2D eigenvalue weighted by molar-refractivity contribution is -0.175. The molecule has 0 saturated carbocycles. The van der Waals surface area contributed by atoms with Gasteiger partial charge in [-0.1, -0.05) is 0 Å². The summed E-state index contributed by atoms with van der Waals surface area (Å²) < 4.78 is 57.8. The Kier molecular flexibility index (Phi) is 5.29. The molecule has 19 heavy (non-hydrogen) atoms. The molecule has 0 radical (unpaired) electrons. The van der Waals surface area contributed by atoms with Crippen molar-refractivity contribution < 1.29 is 31.8 Å². The van der Waals surface area contributed by atoms with Crippen molar-refractivity contribution in [1.29, 1.82) is 0 Å². The highest BCUT2D eigenvalue weighted by atomic mass is 19.4. The van der Waals surface area contributed by atoms with E-state index in [0.29, 0.717) is 0 Å². The number of Topliss-reactive ketones (excluding diaryl/α,β-unsaturated/α-hetero) is 1. The Bertz CT molecular complexity index is 443. The number of carbonyl (C=O) groups is 1. The van der Waals surface area contributed by atoms with E-state index in [9.17, 15) is 22.4 Å². The first-order chi connectivity index (χ1) is 8.79. The average molecular weight is 280 g/mol. The molecule has 0 atom stereocenters. The van der Waals surface area contributed by atoms with Gasteiger partial charge in [0.05, 0.1) is 6.61 Å². The standard InChI is InChI=1S/C12H12F4O3/c1-8(17)9-2-3-11(10(13)6-9)19-5-4-18-7-12(14,15)16/h2-3,6H,4-5,7H2,1H3. The van der Waals surface area contributed by atoms with E-state index in [2.05, 4.69) is 4.74 Å². The lowest BCUT2D eigenvalue weighted by atomic mass is 10.1. The molecule has 106 valence electrons. The molecule has 3 nitrogen and oxygen atoms in total. The molecule has 0 aromatic heterocycles. The van der Waals surface area contributed by atoms with Gasteiger partial charge in [0.15, 0.2) is 17.3 Å². The van der Waals surface area contributed by atoms with Gasteiger partial charge in [0, 0.05) is 5.56 Å². The number of alkyl halides is 3. The summed E-state index contributed by atoms with van der Waals surface area (Å²) >= 11 is 0. The highest BCUT2D eigenvalue weighted by molar-refractivity contribution is 5.94. The Morgan fingerprint density at radius 2 is 1.95 bits per heavy atom. The van der Waals surface area contributed by atoms with Crippen molar-refractivity contribution in [2.45, 2.75) is 13.1 Å². The molecular weight excluding hydrogens is 268 g/mol. The average Bonchev–Trinajstić information content (AvgIpc) is 2.28. The number of ether oxygens (including phenoxy) is 2. The van der Waals surface area contributed by atoms with E-state index in [4.69, 9.17) is 4.74 Å². The Morgan fingerprint density at radius 1 is 1.26 bits per heavy atom. The van der Waals surface area contributed by atoms with Gasteiger partial charge in [-0.25, -0.2) is 4.39 Å². The first kappa shape index (κ1) is 15.4. The van der Waals surface area contributed by atoms with E-state index >= 15 is 0 Å². The number of ketones is 1. The Balaban J connectivity index is 2.40. The summed E-state index contributed by atoms with van der Waals surface area (Å²) in [5.41, 5.74) is 0.193. The number of hydrogen-bond donors (Lipinski definition) is 0. The molecule has 1 aromatic carbocycles. The van der Waals surface area contributed by atoms with Crippen LogP contribution in [0.25, 0.3) is 0 Å². The smallest absolute Gasteiger partial charge is 0.411 e. The zero-order valence-electron chi connectivity index (χ0n) is 10.1. The van der Waals surface area contributed by atoms with Gasteiger partial charge in [-0.3, -0.25) is 4.79 Å². The lowest BCUT2D eigenvalue weighted by Crippen LogP contribution is -2.19. The second kappa shape index (κ2) is 6.51. The number of hydrogen-bond acceptors (Lipinski definition) is 3. The third kappa shape index (κ3) is 5.69. The molecule has 0 fully saturated rings. The minimum atomic E-state index is -4.39. The first-order valence-electron chi connectivity index (χ1n) is 5.37. The molecule has 1 rings (SSSR count).